The Labute approximate surface area is 113 Å². The fourth-order valence-corrected chi connectivity index (χ4v) is 2.32. The van der Waals surface area contributed by atoms with E-state index in [1.807, 2.05) is 0 Å². The zero-order chi connectivity index (χ0) is 13.8. The van der Waals surface area contributed by atoms with E-state index in [1.165, 1.54) is 12.1 Å². The molecule has 0 unspecified atom stereocenters. The van der Waals surface area contributed by atoms with Crippen molar-refractivity contribution < 1.29 is 4.39 Å². The molecule has 0 aliphatic carbocycles. The molecule has 0 bridgehead atoms. The Hall–Kier alpha value is -2.15. The van der Waals surface area contributed by atoms with Gasteiger partial charge in [0.15, 0.2) is 11.1 Å². The van der Waals surface area contributed by atoms with Crippen LogP contribution in [0, 0.1) is 11.2 Å². The molecular formula is C12H12FN5S. The van der Waals surface area contributed by atoms with Crippen molar-refractivity contribution in [3.63, 3.8) is 0 Å². The lowest BCUT2D eigenvalue weighted by Crippen LogP contribution is -2.23. The predicted molar refractivity (Wildman–Crippen MR) is 76.5 cm³/mol. The Bertz CT molecular complexity index is 652. The molecule has 0 atom stereocenters. The molecule has 0 spiro atoms. The number of halogens is 1. The van der Waals surface area contributed by atoms with Gasteiger partial charge in [-0.1, -0.05) is 17.8 Å². The summed E-state index contributed by atoms with van der Waals surface area (Å²) in [7, 11) is 0. The van der Waals surface area contributed by atoms with Crippen molar-refractivity contribution in [3.8, 4) is 0 Å². The number of aromatic nitrogens is 1. The summed E-state index contributed by atoms with van der Waals surface area (Å²) in [5.41, 5.74) is 11.8. The Morgan fingerprint density at radius 3 is 2.95 bits per heavy atom. The second-order valence-corrected chi connectivity index (χ2v) is 4.73. The minimum absolute atomic E-state index is 0.0201. The third kappa shape index (κ3) is 3.41. The first-order valence-corrected chi connectivity index (χ1v) is 6.39. The molecular weight excluding hydrogens is 265 g/mol. The van der Waals surface area contributed by atoms with Gasteiger partial charge in [0.2, 0.25) is 0 Å². The first-order chi connectivity index (χ1) is 9.06. The number of benzene rings is 1. The molecule has 0 saturated carbocycles. The minimum atomic E-state index is -0.329. The molecule has 0 aliphatic rings. The van der Waals surface area contributed by atoms with Crippen molar-refractivity contribution in [2.24, 2.45) is 16.5 Å². The standard InChI is InChI=1S/C12H12FN5S/c13-9-4-7-2-1-3-17-10(7)8(5-9)6-19-12(16)18-11(14)15/h1-5H,6H2,(H5,14,15,16,18). The molecule has 0 saturated heterocycles. The number of nitrogens with one attached hydrogen (secondary N) is 1. The topological polar surface area (TPSA) is 101 Å². The lowest BCUT2D eigenvalue weighted by molar-refractivity contribution is 0.628. The summed E-state index contributed by atoms with van der Waals surface area (Å²) in [6.45, 7) is 0. The number of fused-ring (bicyclic) bond motifs is 1. The number of aliphatic imine (C=N–C) groups is 1. The van der Waals surface area contributed by atoms with Crippen LogP contribution in [-0.4, -0.2) is 16.1 Å². The molecule has 1 heterocycles. The monoisotopic (exact) mass is 277 g/mol. The van der Waals surface area contributed by atoms with Crippen molar-refractivity contribution in [3.05, 3.63) is 41.8 Å². The van der Waals surface area contributed by atoms with Gasteiger partial charge in [0.25, 0.3) is 0 Å². The number of amidine groups is 1. The number of pyridine rings is 1. The Balaban J connectivity index is 2.25. The van der Waals surface area contributed by atoms with Gasteiger partial charge >= 0.3 is 0 Å². The van der Waals surface area contributed by atoms with E-state index in [2.05, 4.69) is 9.98 Å². The molecule has 0 amide bonds. The van der Waals surface area contributed by atoms with E-state index in [0.29, 0.717) is 16.8 Å². The Kier molecular flexibility index (Phi) is 3.96. The minimum Gasteiger partial charge on any atom is -0.370 e. The average Bonchev–Trinajstić information content (AvgIpc) is 2.35. The van der Waals surface area contributed by atoms with Gasteiger partial charge in [-0.2, -0.15) is 4.99 Å². The van der Waals surface area contributed by atoms with Crippen LogP contribution in [0.2, 0.25) is 0 Å². The van der Waals surface area contributed by atoms with Gasteiger partial charge < -0.3 is 11.5 Å². The average molecular weight is 277 g/mol. The summed E-state index contributed by atoms with van der Waals surface area (Å²) in [5.74, 6) is -0.120. The smallest absolute Gasteiger partial charge is 0.193 e. The second-order valence-electron chi connectivity index (χ2n) is 3.77. The summed E-state index contributed by atoms with van der Waals surface area (Å²) in [6.07, 6.45) is 1.65. The molecule has 0 fully saturated rings. The van der Waals surface area contributed by atoms with E-state index in [0.717, 1.165) is 17.1 Å². The zero-order valence-electron chi connectivity index (χ0n) is 9.93. The van der Waals surface area contributed by atoms with Crippen LogP contribution < -0.4 is 11.5 Å². The number of guanidine groups is 1. The number of hydrogen-bond acceptors (Lipinski definition) is 3. The summed E-state index contributed by atoms with van der Waals surface area (Å²) in [5, 5.41) is 8.24. The van der Waals surface area contributed by atoms with Crippen LogP contribution in [0.15, 0.2) is 35.5 Å². The molecule has 1 aromatic heterocycles. The summed E-state index contributed by atoms with van der Waals surface area (Å²) in [4.78, 5) is 7.82. The molecule has 19 heavy (non-hydrogen) atoms. The van der Waals surface area contributed by atoms with E-state index < -0.39 is 0 Å². The normalized spacial score (nSPS) is 10.4. The molecule has 5 N–H and O–H groups in total. The number of thioether (sulfide) groups is 1. The number of rotatable bonds is 2. The maximum Gasteiger partial charge on any atom is 0.193 e. The van der Waals surface area contributed by atoms with E-state index in [-0.39, 0.29) is 16.9 Å². The van der Waals surface area contributed by atoms with Crippen LogP contribution in [-0.2, 0) is 5.75 Å². The van der Waals surface area contributed by atoms with E-state index in [4.69, 9.17) is 16.9 Å². The fourth-order valence-electron chi connectivity index (χ4n) is 1.63. The Morgan fingerprint density at radius 2 is 2.21 bits per heavy atom. The third-order valence-electron chi connectivity index (χ3n) is 2.34. The Morgan fingerprint density at radius 1 is 1.42 bits per heavy atom. The maximum atomic E-state index is 13.5. The first kappa shape index (κ1) is 13.3. The van der Waals surface area contributed by atoms with Crippen LogP contribution in [0.25, 0.3) is 10.9 Å². The fraction of sp³-hybridized carbons (Fsp3) is 0.0833. The highest BCUT2D eigenvalue weighted by molar-refractivity contribution is 8.13. The van der Waals surface area contributed by atoms with Gasteiger partial charge in [-0.15, -0.1) is 0 Å². The number of nitrogens with zero attached hydrogens (tertiary/aromatic N) is 2. The molecule has 0 aliphatic heterocycles. The van der Waals surface area contributed by atoms with Gasteiger partial charge in [-0.05, 0) is 23.8 Å². The van der Waals surface area contributed by atoms with Crippen molar-refractivity contribution >= 4 is 33.8 Å². The molecule has 2 rings (SSSR count). The van der Waals surface area contributed by atoms with Crippen LogP contribution in [0.3, 0.4) is 0 Å². The molecule has 5 nitrogen and oxygen atoms in total. The van der Waals surface area contributed by atoms with Gasteiger partial charge in [0, 0.05) is 17.3 Å². The molecule has 98 valence electrons. The van der Waals surface area contributed by atoms with Crippen LogP contribution in [0.5, 0.6) is 0 Å². The van der Waals surface area contributed by atoms with Crippen molar-refractivity contribution in [2.45, 2.75) is 5.75 Å². The number of hydrogen-bond donors (Lipinski definition) is 3. The SMILES string of the molecule is N=C(N=C(N)N)SCc1cc(F)cc2cccnc12. The van der Waals surface area contributed by atoms with Crippen molar-refractivity contribution in [2.75, 3.05) is 0 Å². The van der Waals surface area contributed by atoms with Crippen LogP contribution >= 0.6 is 11.8 Å². The van der Waals surface area contributed by atoms with Crippen molar-refractivity contribution in [1.82, 2.24) is 4.98 Å². The van der Waals surface area contributed by atoms with Gasteiger partial charge in [-0.3, -0.25) is 10.4 Å². The van der Waals surface area contributed by atoms with Crippen LogP contribution in [0.4, 0.5) is 4.39 Å². The maximum absolute atomic E-state index is 13.5. The lowest BCUT2D eigenvalue weighted by Gasteiger charge is -2.05. The van der Waals surface area contributed by atoms with Crippen LogP contribution in [0.1, 0.15) is 5.56 Å². The van der Waals surface area contributed by atoms with E-state index in [1.54, 1.807) is 18.3 Å². The second kappa shape index (κ2) is 5.66. The molecule has 1 aromatic carbocycles. The highest BCUT2D eigenvalue weighted by Gasteiger charge is 2.07. The third-order valence-corrected chi connectivity index (χ3v) is 3.16. The zero-order valence-corrected chi connectivity index (χ0v) is 10.7. The lowest BCUT2D eigenvalue weighted by atomic mass is 10.1. The summed E-state index contributed by atoms with van der Waals surface area (Å²) in [6, 6.07) is 6.38. The predicted octanol–water partition coefficient (Wildman–Crippen LogP) is 1.82. The van der Waals surface area contributed by atoms with E-state index in [9.17, 15) is 4.39 Å². The van der Waals surface area contributed by atoms with Gasteiger partial charge in [0.1, 0.15) is 5.82 Å². The summed E-state index contributed by atoms with van der Waals surface area (Å²) < 4.78 is 13.5. The van der Waals surface area contributed by atoms with Gasteiger partial charge in [-0.25, -0.2) is 4.39 Å². The highest BCUT2D eigenvalue weighted by atomic mass is 32.2. The highest BCUT2D eigenvalue weighted by Crippen LogP contribution is 2.23. The quantitative estimate of drug-likeness (QED) is 0.575. The molecule has 7 heteroatoms. The van der Waals surface area contributed by atoms with E-state index >= 15 is 0 Å². The largest absolute Gasteiger partial charge is 0.370 e. The molecule has 0 radical (unpaired) electrons. The van der Waals surface area contributed by atoms with Crippen molar-refractivity contribution in [1.29, 1.82) is 5.41 Å². The van der Waals surface area contributed by atoms with Gasteiger partial charge in [0.05, 0.1) is 5.52 Å². The first-order valence-electron chi connectivity index (χ1n) is 5.40. The summed E-state index contributed by atoms with van der Waals surface area (Å²) >= 11 is 1.11. The molecule has 2 aromatic rings. The number of nitrogens with two attached hydrogens (primary N) is 2.